The third-order valence-corrected chi connectivity index (χ3v) is 9.75. The van der Waals surface area contributed by atoms with E-state index in [-0.39, 0.29) is 15.2 Å². The molecule has 1 saturated heterocycles. The highest BCUT2D eigenvalue weighted by Crippen LogP contribution is 2.42. The van der Waals surface area contributed by atoms with Gasteiger partial charge >= 0.3 is 27.8 Å². The molecule has 2 unspecified atom stereocenters. The summed E-state index contributed by atoms with van der Waals surface area (Å²) in [5, 5.41) is -2.14. The Morgan fingerprint density at radius 2 is 1.90 bits per heavy atom. The standard InChI is InChI=1S/C22H20ClF4N5O6S2/c1-4-6-32(40(37,38)5-2)19(35)15(9-17(28)33)39-20(32)29-13-8-14(12(24)7-11(13)23)31-18(34)10-16(22(25,26)27)30(3)21(31)36/h4,7-8,10,15H,1,5-6,9H2,2-3H3,(H-,28,33)/p+1. The number of carbonyl (C=O) groups excluding carboxylic acids is 2. The Kier molecular flexibility index (Phi) is 8.55. The van der Waals surface area contributed by atoms with Gasteiger partial charge in [0.15, 0.2) is 0 Å². The molecule has 2 atom stereocenters. The van der Waals surface area contributed by atoms with E-state index in [1.54, 1.807) is 0 Å². The Labute approximate surface area is 233 Å². The number of hydrogen-bond donors (Lipinski definition) is 1. The lowest BCUT2D eigenvalue weighted by atomic mass is 10.2. The first kappa shape index (κ1) is 31.3. The summed E-state index contributed by atoms with van der Waals surface area (Å²) >= 11 is 6.72. The second-order valence-electron chi connectivity index (χ2n) is 8.39. The lowest BCUT2D eigenvalue weighted by Gasteiger charge is -2.27. The van der Waals surface area contributed by atoms with E-state index in [9.17, 15) is 45.2 Å². The third-order valence-electron chi connectivity index (χ3n) is 5.88. The molecule has 0 aliphatic carbocycles. The molecule has 2 N–H and O–H groups in total. The topological polar surface area (TPSA) is 151 Å². The molecule has 2 heterocycles. The Morgan fingerprint density at radius 1 is 1.27 bits per heavy atom. The van der Waals surface area contributed by atoms with Crippen LogP contribution in [-0.4, -0.2) is 56.0 Å². The van der Waals surface area contributed by atoms with E-state index < -0.39 is 100 Å². The number of quaternary nitrogens is 1. The second-order valence-corrected chi connectivity index (χ2v) is 12.3. The Balaban J connectivity index is 2.35. The number of benzene rings is 1. The molecule has 0 bridgehead atoms. The highest BCUT2D eigenvalue weighted by molar-refractivity contribution is 8.16. The number of sulfonamides is 1. The van der Waals surface area contributed by atoms with E-state index in [1.165, 1.54) is 6.92 Å². The fourth-order valence-electron chi connectivity index (χ4n) is 3.95. The minimum absolute atomic E-state index is 0.0980. The van der Waals surface area contributed by atoms with Crippen LogP contribution in [0.3, 0.4) is 0 Å². The summed E-state index contributed by atoms with van der Waals surface area (Å²) in [6, 6.07) is 1.45. The number of nitrogens with zero attached hydrogens (tertiary/aromatic N) is 4. The van der Waals surface area contributed by atoms with Gasteiger partial charge in [-0.15, -0.1) is 0 Å². The number of halogens is 5. The van der Waals surface area contributed by atoms with Gasteiger partial charge in [-0.05, 0) is 36.9 Å². The van der Waals surface area contributed by atoms with Crippen LogP contribution >= 0.6 is 23.4 Å². The molecule has 3 rings (SSSR count). The molecule has 40 heavy (non-hydrogen) atoms. The average molecular weight is 627 g/mol. The number of primary amides is 1. The summed E-state index contributed by atoms with van der Waals surface area (Å²) in [5.74, 6) is -3.69. The van der Waals surface area contributed by atoms with Crippen LogP contribution in [0.4, 0.5) is 23.2 Å². The summed E-state index contributed by atoms with van der Waals surface area (Å²) in [5.41, 5.74) is -0.693. The number of alkyl halides is 3. The van der Waals surface area contributed by atoms with Crippen molar-refractivity contribution in [3.63, 3.8) is 0 Å². The lowest BCUT2D eigenvalue weighted by molar-refractivity contribution is -0.613. The number of nitrogens with two attached hydrogens (primary N) is 1. The first-order chi connectivity index (χ1) is 18.4. The first-order valence-corrected chi connectivity index (χ1v) is 14.0. The van der Waals surface area contributed by atoms with Crippen molar-refractivity contribution in [2.45, 2.75) is 24.8 Å². The van der Waals surface area contributed by atoms with Crippen LogP contribution in [0.25, 0.3) is 5.69 Å². The predicted octanol–water partition coefficient (Wildman–Crippen LogP) is 2.20. The average Bonchev–Trinajstić information content (AvgIpc) is 3.09. The largest absolute Gasteiger partial charge is 0.431 e. The van der Waals surface area contributed by atoms with Gasteiger partial charge in [-0.1, -0.05) is 22.1 Å². The molecule has 216 valence electrons. The molecule has 0 saturated carbocycles. The molecule has 1 aromatic carbocycles. The molecule has 18 heteroatoms. The van der Waals surface area contributed by atoms with Crippen LogP contribution in [0.5, 0.6) is 0 Å². The van der Waals surface area contributed by atoms with E-state index in [2.05, 4.69) is 11.6 Å². The molecular formula is C22H21ClF4N5O6S2+. The van der Waals surface area contributed by atoms with Gasteiger partial charge in [-0.3, -0.25) is 14.2 Å². The number of amidine groups is 1. The van der Waals surface area contributed by atoms with E-state index in [0.717, 1.165) is 19.2 Å². The number of aliphatic imine (C=N–C) groups is 1. The zero-order valence-electron chi connectivity index (χ0n) is 20.7. The maximum atomic E-state index is 15.0. The van der Waals surface area contributed by atoms with Crippen molar-refractivity contribution in [2.75, 3.05) is 12.3 Å². The van der Waals surface area contributed by atoms with E-state index >= 15 is 0 Å². The minimum atomic E-state index is -5.06. The summed E-state index contributed by atoms with van der Waals surface area (Å²) in [7, 11) is -3.62. The molecule has 2 amide bonds. The molecule has 0 spiro atoms. The number of thioether (sulfide) groups is 1. The van der Waals surface area contributed by atoms with Crippen molar-refractivity contribution >= 4 is 56.1 Å². The SMILES string of the molecule is C=CC[N+]1(S(=O)(=O)CC)C(=O)C(CC(N)=O)SC1=Nc1cc(-n2c(=O)cc(C(F)(F)F)n(C)c2=O)c(F)cc1Cl. The van der Waals surface area contributed by atoms with Crippen LogP contribution in [0.15, 0.2) is 45.4 Å². The van der Waals surface area contributed by atoms with Gasteiger partial charge in [0.25, 0.3) is 10.7 Å². The molecule has 11 nitrogen and oxygen atoms in total. The monoisotopic (exact) mass is 626 g/mol. The molecule has 1 aliphatic heterocycles. The van der Waals surface area contributed by atoms with Gasteiger partial charge < -0.3 is 5.73 Å². The maximum absolute atomic E-state index is 15.0. The second kappa shape index (κ2) is 10.9. The van der Waals surface area contributed by atoms with E-state index in [4.69, 9.17) is 17.3 Å². The van der Waals surface area contributed by atoms with Crippen molar-refractivity contribution in [3.8, 4) is 5.69 Å². The highest BCUT2D eigenvalue weighted by Gasteiger charge is 2.62. The molecule has 1 aromatic heterocycles. The lowest BCUT2D eigenvalue weighted by Crippen LogP contribution is -2.58. The molecule has 1 fully saturated rings. The fraction of sp³-hybridized carbons (Fsp3) is 0.318. The summed E-state index contributed by atoms with van der Waals surface area (Å²) < 4.78 is 80.0. The van der Waals surface area contributed by atoms with Gasteiger partial charge in [0.05, 0.1) is 28.6 Å². The van der Waals surface area contributed by atoms with Crippen molar-refractivity contribution in [1.82, 2.24) is 9.13 Å². The molecule has 0 radical (unpaired) electrons. The highest BCUT2D eigenvalue weighted by atomic mass is 35.5. The minimum Gasteiger partial charge on any atom is -0.370 e. The number of hydrogen-bond acceptors (Lipinski definition) is 8. The van der Waals surface area contributed by atoms with Gasteiger partial charge in [-0.25, -0.2) is 18.5 Å². The molecular weight excluding hydrogens is 606 g/mol. The Morgan fingerprint density at radius 3 is 2.42 bits per heavy atom. The van der Waals surface area contributed by atoms with Crippen LogP contribution in [0.2, 0.25) is 5.02 Å². The third kappa shape index (κ3) is 5.25. The molecule has 2 aromatic rings. The van der Waals surface area contributed by atoms with Crippen molar-refractivity contribution in [3.05, 3.63) is 68.2 Å². The normalized spacial score (nSPS) is 20.7. The Bertz CT molecular complexity index is 1690. The van der Waals surface area contributed by atoms with Crippen LogP contribution in [0.1, 0.15) is 19.0 Å². The zero-order valence-corrected chi connectivity index (χ0v) is 23.1. The van der Waals surface area contributed by atoms with Crippen LogP contribution in [0, 0.1) is 5.82 Å². The maximum Gasteiger partial charge on any atom is 0.431 e. The summed E-state index contributed by atoms with van der Waals surface area (Å²) in [6.45, 7) is 4.25. The van der Waals surface area contributed by atoms with Gasteiger partial charge in [0, 0.05) is 13.1 Å². The van der Waals surface area contributed by atoms with Gasteiger partial charge in [0.1, 0.15) is 23.3 Å². The summed E-state index contributed by atoms with van der Waals surface area (Å²) in [6.07, 6.45) is -4.47. The first-order valence-electron chi connectivity index (χ1n) is 11.1. The van der Waals surface area contributed by atoms with Crippen molar-refractivity contribution in [2.24, 2.45) is 17.8 Å². The number of aromatic nitrogens is 2. The zero-order chi connectivity index (χ0) is 30.4. The fourth-order valence-corrected chi connectivity index (χ4v) is 7.41. The quantitative estimate of drug-likeness (QED) is 0.268. The molecule has 1 aliphatic rings. The number of rotatable bonds is 8. The number of carbonyl (C=O) groups is 2. The summed E-state index contributed by atoms with van der Waals surface area (Å²) in [4.78, 5) is 54.4. The van der Waals surface area contributed by atoms with E-state index in [1.807, 2.05) is 0 Å². The van der Waals surface area contributed by atoms with Gasteiger partial charge in [0.2, 0.25) is 5.91 Å². The number of amides is 2. The van der Waals surface area contributed by atoms with Crippen molar-refractivity contribution in [1.29, 1.82) is 0 Å². The van der Waals surface area contributed by atoms with Crippen molar-refractivity contribution < 1.29 is 39.5 Å². The van der Waals surface area contributed by atoms with E-state index in [0.29, 0.717) is 17.8 Å². The van der Waals surface area contributed by atoms with Crippen LogP contribution in [-0.2, 0) is 32.8 Å². The van der Waals surface area contributed by atoms with Crippen LogP contribution < -0.4 is 17.0 Å². The van der Waals surface area contributed by atoms with Gasteiger partial charge in [-0.2, -0.15) is 26.6 Å². The smallest absolute Gasteiger partial charge is 0.370 e. The Hall–Kier alpha value is -3.28. The predicted molar refractivity (Wildman–Crippen MR) is 139 cm³/mol.